The number of halogens is 1. The maximum atomic E-state index is 10.6. The Morgan fingerprint density at radius 2 is 2.00 bits per heavy atom. The van der Waals surface area contributed by atoms with Crippen LogP contribution in [0.2, 0.25) is 5.02 Å². The van der Waals surface area contributed by atoms with Crippen molar-refractivity contribution in [3.63, 3.8) is 0 Å². The molecule has 1 atom stereocenters. The van der Waals surface area contributed by atoms with Crippen LogP contribution in [0.5, 0.6) is 0 Å². The van der Waals surface area contributed by atoms with Crippen molar-refractivity contribution in [2.45, 2.75) is 19.9 Å². The molecule has 0 spiro atoms. The number of carboxylic acid groups (broad SMARTS) is 1. The Kier molecular flexibility index (Phi) is 5.45. The average molecular weight is 256 g/mol. The monoisotopic (exact) mass is 255 g/mol. The Balaban J connectivity index is 2.41. The van der Waals surface area contributed by atoms with Crippen molar-refractivity contribution in [2.24, 2.45) is 5.92 Å². The van der Waals surface area contributed by atoms with Gasteiger partial charge in [-0.15, -0.1) is 0 Å². The van der Waals surface area contributed by atoms with Gasteiger partial charge in [-0.3, -0.25) is 4.79 Å². The SMILES string of the molecule is CC(CC(=O)O)CN(C)Cc1ccc(Cl)cc1. The van der Waals surface area contributed by atoms with Crippen LogP contribution in [-0.2, 0) is 11.3 Å². The lowest BCUT2D eigenvalue weighted by Crippen LogP contribution is -2.25. The van der Waals surface area contributed by atoms with E-state index in [1.807, 2.05) is 38.2 Å². The van der Waals surface area contributed by atoms with Crippen LogP contribution in [0.15, 0.2) is 24.3 Å². The summed E-state index contributed by atoms with van der Waals surface area (Å²) < 4.78 is 0. The zero-order valence-electron chi connectivity index (χ0n) is 10.2. The molecule has 0 bridgehead atoms. The topological polar surface area (TPSA) is 40.5 Å². The first-order valence-corrected chi connectivity index (χ1v) is 6.00. The third kappa shape index (κ3) is 5.71. The van der Waals surface area contributed by atoms with Gasteiger partial charge < -0.3 is 10.0 Å². The third-order valence-corrected chi connectivity index (χ3v) is 2.76. The number of hydrogen-bond donors (Lipinski definition) is 1. The van der Waals surface area contributed by atoms with E-state index in [0.29, 0.717) is 0 Å². The van der Waals surface area contributed by atoms with E-state index < -0.39 is 5.97 Å². The van der Waals surface area contributed by atoms with Crippen LogP contribution in [0.1, 0.15) is 18.9 Å². The molecule has 0 amide bonds. The molecule has 0 radical (unpaired) electrons. The van der Waals surface area contributed by atoms with Crippen LogP contribution in [0, 0.1) is 5.92 Å². The minimum atomic E-state index is -0.739. The number of benzene rings is 1. The molecule has 1 aromatic carbocycles. The second-order valence-corrected chi connectivity index (χ2v) is 4.96. The summed E-state index contributed by atoms with van der Waals surface area (Å²) in [5.41, 5.74) is 1.18. The molecular weight excluding hydrogens is 238 g/mol. The lowest BCUT2D eigenvalue weighted by atomic mass is 10.1. The smallest absolute Gasteiger partial charge is 0.303 e. The fourth-order valence-electron chi connectivity index (χ4n) is 1.86. The number of rotatable bonds is 6. The fourth-order valence-corrected chi connectivity index (χ4v) is 1.99. The van der Waals surface area contributed by atoms with Crippen molar-refractivity contribution in [3.05, 3.63) is 34.9 Å². The average Bonchev–Trinajstić information content (AvgIpc) is 2.19. The summed E-state index contributed by atoms with van der Waals surface area (Å²) in [7, 11) is 1.99. The summed E-state index contributed by atoms with van der Waals surface area (Å²) in [6.07, 6.45) is 0.213. The van der Waals surface area contributed by atoms with E-state index in [0.717, 1.165) is 18.1 Å². The van der Waals surface area contributed by atoms with Gasteiger partial charge in [-0.1, -0.05) is 30.7 Å². The summed E-state index contributed by atoms with van der Waals surface area (Å²) in [4.78, 5) is 12.7. The van der Waals surface area contributed by atoms with E-state index in [1.165, 1.54) is 5.56 Å². The van der Waals surface area contributed by atoms with Crippen LogP contribution in [-0.4, -0.2) is 29.6 Å². The van der Waals surface area contributed by atoms with E-state index in [4.69, 9.17) is 16.7 Å². The third-order valence-electron chi connectivity index (χ3n) is 2.51. The predicted octanol–water partition coefficient (Wildman–Crippen LogP) is 2.88. The first-order chi connectivity index (χ1) is 7.97. The molecule has 0 aromatic heterocycles. The maximum absolute atomic E-state index is 10.6. The molecule has 1 rings (SSSR count). The molecule has 0 aliphatic rings. The van der Waals surface area contributed by atoms with Gasteiger partial charge in [0, 0.05) is 24.5 Å². The van der Waals surface area contributed by atoms with Crippen molar-refractivity contribution in [2.75, 3.05) is 13.6 Å². The van der Waals surface area contributed by atoms with Crippen molar-refractivity contribution < 1.29 is 9.90 Å². The van der Waals surface area contributed by atoms with E-state index in [-0.39, 0.29) is 12.3 Å². The maximum Gasteiger partial charge on any atom is 0.303 e. The first-order valence-electron chi connectivity index (χ1n) is 5.62. The highest BCUT2D eigenvalue weighted by Crippen LogP contribution is 2.12. The molecule has 0 saturated carbocycles. The van der Waals surface area contributed by atoms with Gasteiger partial charge in [0.2, 0.25) is 0 Å². The van der Waals surface area contributed by atoms with E-state index in [2.05, 4.69) is 4.90 Å². The van der Waals surface area contributed by atoms with E-state index in [9.17, 15) is 4.79 Å². The second kappa shape index (κ2) is 6.62. The molecular formula is C13H18ClNO2. The Morgan fingerprint density at radius 1 is 1.41 bits per heavy atom. The van der Waals surface area contributed by atoms with Gasteiger partial charge in [-0.25, -0.2) is 0 Å². The summed E-state index contributed by atoms with van der Waals surface area (Å²) in [5.74, 6) is -0.581. The predicted molar refractivity (Wildman–Crippen MR) is 69.2 cm³/mol. The minimum Gasteiger partial charge on any atom is -0.481 e. The molecule has 0 heterocycles. The van der Waals surface area contributed by atoms with Crippen molar-refractivity contribution in [1.29, 1.82) is 0 Å². The van der Waals surface area contributed by atoms with Gasteiger partial charge >= 0.3 is 5.97 Å². The van der Waals surface area contributed by atoms with Gasteiger partial charge in [-0.05, 0) is 30.7 Å². The highest BCUT2D eigenvalue weighted by Gasteiger charge is 2.10. The summed E-state index contributed by atoms with van der Waals surface area (Å²) >= 11 is 5.81. The van der Waals surface area contributed by atoms with Crippen LogP contribution in [0.3, 0.4) is 0 Å². The highest BCUT2D eigenvalue weighted by atomic mass is 35.5. The zero-order valence-corrected chi connectivity index (χ0v) is 10.9. The van der Waals surface area contributed by atoms with Gasteiger partial charge in [0.15, 0.2) is 0 Å². The minimum absolute atomic E-state index is 0.157. The molecule has 1 N–H and O–H groups in total. The fraction of sp³-hybridized carbons (Fsp3) is 0.462. The largest absolute Gasteiger partial charge is 0.481 e. The molecule has 1 aromatic rings. The molecule has 17 heavy (non-hydrogen) atoms. The molecule has 94 valence electrons. The second-order valence-electron chi connectivity index (χ2n) is 4.53. The number of nitrogens with zero attached hydrogens (tertiary/aromatic N) is 1. The quantitative estimate of drug-likeness (QED) is 0.850. The molecule has 3 nitrogen and oxygen atoms in total. The summed E-state index contributed by atoms with van der Waals surface area (Å²) in [5, 5.41) is 9.42. The van der Waals surface area contributed by atoms with Crippen LogP contribution < -0.4 is 0 Å². The standard InChI is InChI=1S/C13H18ClNO2/c1-10(7-13(16)17)8-15(2)9-11-3-5-12(14)6-4-11/h3-6,10H,7-9H2,1-2H3,(H,16,17). The Morgan fingerprint density at radius 3 is 2.53 bits per heavy atom. The lowest BCUT2D eigenvalue weighted by molar-refractivity contribution is -0.138. The van der Waals surface area contributed by atoms with Gasteiger partial charge in [0.25, 0.3) is 0 Å². The number of aliphatic carboxylic acids is 1. The zero-order chi connectivity index (χ0) is 12.8. The number of carbonyl (C=O) groups is 1. The van der Waals surface area contributed by atoms with Gasteiger partial charge in [-0.2, -0.15) is 0 Å². The highest BCUT2D eigenvalue weighted by molar-refractivity contribution is 6.30. The molecule has 0 saturated heterocycles. The first kappa shape index (κ1) is 14.0. The van der Waals surface area contributed by atoms with Crippen LogP contribution >= 0.6 is 11.6 Å². The van der Waals surface area contributed by atoms with Crippen molar-refractivity contribution >= 4 is 17.6 Å². The van der Waals surface area contributed by atoms with Crippen molar-refractivity contribution in [3.8, 4) is 0 Å². The van der Waals surface area contributed by atoms with Crippen LogP contribution in [0.25, 0.3) is 0 Å². The molecule has 4 heteroatoms. The Labute approximate surface area is 107 Å². The normalized spacial score (nSPS) is 12.7. The van der Waals surface area contributed by atoms with E-state index >= 15 is 0 Å². The summed E-state index contributed by atoms with van der Waals surface area (Å²) in [6.45, 7) is 3.53. The molecule has 0 fully saturated rings. The van der Waals surface area contributed by atoms with E-state index in [1.54, 1.807) is 0 Å². The molecule has 1 unspecified atom stereocenters. The Hall–Kier alpha value is -1.06. The van der Waals surface area contributed by atoms with Gasteiger partial charge in [0.1, 0.15) is 0 Å². The van der Waals surface area contributed by atoms with Crippen molar-refractivity contribution in [1.82, 2.24) is 4.90 Å². The number of hydrogen-bond acceptors (Lipinski definition) is 2. The van der Waals surface area contributed by atoms with Crippen LogP contribution in [0.4, 0.5) is 0 Å². The summed E-state index contributed by atoms with van der Waals surface area (Å²) in [6, 6.07) is 7.71. The Bertz CT molecular complexity index is 364. The number of carboxylic acids is 1. The molecule has 0 aliphatic heterocycles. The molecule has 0 aliphatic carbocycles. The lowest BCUT2D eigenvalue weighted by Gasteiger charge is -2.20. The van der Waals surface area contributed by atoms with Gasteiger partial charge in [0.05, 0.1) is 0 Å².